The molecule has 0 aliphatic carbocycles. The summed E-state index contributed by atoms with van der Waals surface area (Å²) in [5, 5.41) is 0. The molecule has 1 aliphatic rings. The maximum Gasteiger partial charge on any atom is 0.0818 e. The van der Waals surface area contributed by atoms with Gasteiger partial charge in [0.25, 0.3) is 0 Å². The Hall–Kier alpha value is -1.18. The molecule has 0 bridgehead atoms. The Labute approximate surface area is 72.4 Å². The van der Waals surface area contributed by atoms with Crippen LogP contribution in [0, 0.1) is 0 Å². The molecule has 0 amide bonds. The van der Waals surface area contributed by atoms with Crippen LogP contribution in [-0.2, 0) is 6.54 Å². The van der Waals surface area contributed by atoms with Crippen molar-refractivity contribution in [3.05, 3.63) is 29.1 Å². The van der Waals surface area contributed by atoms with Gasteiger partial charge in [-0.15, -0.1) is 0 Å². The highest BCUT2D eigenvalue weighted by Crippen LogP contribution is 2.18. The second-order valence-electron chi connectivity index (χ2n) is 3.43. The summed E-state index contributed by atoms with van der Waals surface area (Å²) in [5.74, 6) is 0.553. The smallest absolute Gasteiger partial charge is 0.0818 e. The number of aromatic nitrogens is 1. The molecule has 1 aromatic rings. The zero-order chi connectivity index (χ0) is 8.55. The molecule has 0 atom stereocenters. The van der Waals surface area contributed by atoms with Gasteiger partial charge in [0.1, 0.15) is 0 Å². The van der Waals surface area contributed by atoms with Gasteiger partial charge in [-0.05, 0) is 17.5 Å². The van der Waals surface area contributed by atoms with Gasteiger partial charge >= 0.3 is 0 Å². The van der Waals surface area contributed by atoms with Crippen molar-refractivity contribution >= 4 is 6.21 Å². The van der Waals surface area contributed by atoms with Crippen molar-refractivity contribution in [1.82, 2.24) is 4.98 Å². The molecule has 2 nitrogen and oxygen atoms in total. The number of hydrogen-bond donors (Lipinski definition) is 0. The van der Waals surface area contributed by atoms with Crippen molar-refractivity contribution in [2.45, 2.75) is 26.3 Å². The second-order valence-corrected chi connectivity index (χ2v) is 3.43. The van der Waals surface area contributed by atoms with Crippen molar-refractivity contribution in [3.8, 4) is 0 Å². The molecule has 62 valence electrons. The summed E-state index contributed by atoms with van der Waals surface area (Å²) >= 11 is 0. The predicted molar refractivity (Wildman–Crippen MR) is 49.6 cm³/mol. The predicted octanol–water partition coefficient (Wildman–Crippen LogP) is 2.14. The molecule has 0 saturated carbocycles. The summed E-state index contributed by atoms with van der Waals surface area (Å²) in [4.78, 5) is 8.52. The van der Waals surface area contributed by atoms with Crippen LogP contribution >= 0.6 is 0 Å². The summed E-state index contributed by atoms with van der Waals surface area (Å²) in [6.45, 7) is 5.11. The average molecular weight is 160 g/mol. The van der Waals surface area contributed by atoms with Gasteiger partial charge in [-0.2, -0.15) is 0 Å². The van der Waals surface area contributed by atoms with E-state index in [1.165, 1.54) is 11.1 Å². The quantitative estimate of drug-likeness (QED) is 0.617. The van der Waals surface area contributed by atoms with E-state index in [-0.39, 0.29) is 0 Å². The van der Waals surface area contributed by atoms with Crippen LogP contribution in [0.15, 0.2) is 17.3 Å². The number of nitrogens with zero attached hydrogens (tertiary/aromatic N) is 2. The second kappa shape index (κ2) is 2.70. The molecule has 0 N–H and O–H groups in total. The lowest BCUT2D eigenvalue weighted by molar-refractivity contribution is 0.851. The number of aliphatic imine (C=N–C) groups is 1. The fourth-order valence-electron chi connectivity index (χ4n) is 1.32. The molecule has 12 heavy (non-hydrogen) atoms. The molecule has 0 unspecified atom stereocenters. The third-order valence-corrected chi connectivity index (χ3v) is 2.16. The topological polar surface area (TPSA) is 25.2 Å². The number of pyridine rings is 1. The van der Waals surface area contributed by atoms with E-state index < -0.39 is 0 Å². The van der Waals surface area contributed by atoms with Gasteiger partial charge in [0.2, 0.25) is 0 Å². The first-order valence-corrected chi connectivity index (χ1v) is 4.26. The summed E-state index contributed by atoms with van der Waals surface area (Å²) in [6, 6.07) is 2.18. The first kappa shape index (κ1) is 7.47. The van der Waals surface area contributed by atoms with E-state index in [0.29, 0.717) is 5.92 Å². The van der Waals surface area contributed by atoms with E-state index in [4.69, 9.17) is 0 Å². The number of fused-ring (bicyclic) bond motifs is 1. The Bertz CT molecular complexity index is 327. The van der Waals surface area contributed by atoms with Crippen LogP contribution < -0.4 is 0 Å². The summed E-state index contributed by atoms with van der Waals surface area (Å²) < 4.78 is 0. The van der Waals surface area contributed by atoms with Gasteiger partial charge in [-0.3, -0.25) is 9.98 Å². The number of rotatable bonds is 1. The molecule has 0 radical (unpaired) electrons. The van der Waals surface area contributed by atoms with Gasteiger partial charge in [0.15, 0.2) is 0 Å². The molecule has 1 aliphatic heterocycles. The van der Waals surface area contributed by atoms with Crippen molar-refractivity contribution in [2.24, 2.45) is 4.99 Å². The molecule has 2 heteroatoms. The fraction of sp³-hybridized carbons (Fsp3) is 0.400. The number of hydrogen-bond acceptors (Lipinski definition) is 2. The summed E-state index contributed by atoms with van der Waals surface area (Å²) in [7, 11) is 0. The summed E-state index contributed by atoms with van der Waals surface area (Å²) in [5.41, 5.74) is 3.60. The molecular weight excluding hydrogens is 148 g/mol. The molecule has 2 rings (SSSR count). The minimum atomic E-state index is 0.553. The minimum Gasteiger partial charge on any atom is -0.286 e. The maximum absolute atomic E-state index is 4.36. The van der Waals surface area contributed by atoms with Crippen LogP contribution in [0.2, 0.25) is 0 Å². The highest BCUT2D eigenvalue weighted by molar-refractivity contribution is 5.83. The standard InChI is InChI=1S/C10H12N2/c1-7(2)8-3-9-4-11-6-10(9)12-5-8/h3-5,7H,6H2,1-2H3. The lowest BCUT2D eigenvalue weighted by atomic mass is 10.0. The van der Waals surface area contributed by atoms with Crippen LogP contribution in [0.5, 0.6) is 0 Å². The van der Waals surface area contributed by atoms with E-state index in [1.54, 1.807) is 0 Å². The minimum absolute atomic E-state index is 0.553. The van der Waals surface area contributed by atoms with Crippen molar-refractivity contribution in [3.63, 3.8) is 0 Å². The van der Waals surface area contributed by atoms with Crippen LogP contribution in [0.3, 0.4) is 0 Å². The first-order chi connectivity index (χ1) is 5.77. The zero-order valence-corrected chi connectivity index (χ0v) is 7.41. The van der Waals surface area contributed by atoms with E-state index in [2.05, 4.69) is 29.9 Å². The van der Waals surface area contributed by atoms with Gasteiger partial charge in [-0.25, -0.2) is 0 Å². The van der Waals surface area contributed by atoms with Gasteiger partial charge in [0, 0.05) is 18.0 Å². The largest absolute Gasteiger partial charge is 0.286 e. The van der Waals surface area contributed by atoms with E-state index in [9.17, 15) is 0 Å². The van der Waals surface area contributed by atoms with Crippen LogP contribution in [0.1, 0.15) is 36.6 Å². The van der Waals surface area contributed by atoms with Crippen LogP contribution in [0.25, 0.3) is 0 Å². The maximum atomic E-state index is 4.36. The third kappa shape index (κ3) is 1.13. The van der Waals surface area contributed by atoms with Crippen LogP contribution in [0.4, 0.5) is 0 Å². The van der Waals surface area contributed by atoms with E-state index in [1.807, 2.05) is 12.4 Å². The Morgan fingerprint density at radius 2 is 2.25 bits per heavy atom. The van der Waals surface area contributed by atoms with E-state index >= 15 is 0 Å². The lowest BCUT2D eigenvalue weighted by Gasteiger charge is -2.05. The Morgan fingerprint density at radius 1 is 1.42 bits per heavy atom. The zero-order valence-electron chi connectivity index (χ0n) is 7.41. The van der Waals surface area contributed by atoms with Crippen LogP contribution in [-0.4, -0.2) is 11.2 Å². The SMILES string of the molecule is CC(C)c1cnc2c(c1)C=NC2. The molecule has 2 heterocycles. The average Bonchev–Trinajstić information content (AvgIpc) is 2.49. The highest BCUT2D eigenvalue weighted by atomic mass is 14.8. The molecular formula is C10H12N2. The third-order valence-electron chi connectivity index (χ3n) is 2.16. The fourth-order valence-corrected chi connectivity index (χ4v) is 1.32. The van der Waals surface area contributed by atoms with Gasteiger partial charge < -0.3 is 0 Å². The Balaban J connectivity index is 2.44. The lowest BCUT2D eigenvalue weighted by Crippen LogP contribution is -1.94. The molecule has 0 fully saturated rings. The normalized spacial score (nSPS) is 13.9. The van der Waals surface area contributed by atoms with Crippen molar-refractivity contribution in [1.29, 1.82) is 0 Å². The van der Waals surface area contributed by atoms with Gasteiger partial charge in [0.05, 0.1) is 12.2 Å². The van der Waals surface area contributed by atoms with Crippen molar-refractivity contribution in [2.75, 3.05) is 0 Å². The molecule has 0 aromatic carbocycles. The summed E-state index contributed by atoms with van der Waals surface area (Å²) in [6.07, 6.45) is 3.87. The molecule has 0 saturated heterocycles. The first-order valence-electron chi connectivity index (χ1n) is 4.26. The van der Waals surface area contributed by atoms with E-state index in [0.717, 1.165) is 12.2 Å². The Kier molecular flexibility index (Phi) is 1.68. The molecule has 1 aromatic heterocycles. The monoisotopic (exact) mass is 160 g/mol. The molecule has 0 spiro atoms. The Morgan fingerprint density at radius 3 is 3.00 bits per heavy atom. The van der Waals surface area contributed by atoms with Crippen molar-refractivity contribution < 1.29 is 0 Å². The highest BCUT2D eigenvalue weighted by Gasteiger charge is 2.09. The van der Waals surface area contributed by atoms with Gasteiger partial charge in [-0.1, -0.05) is 13.8 Å².